The van der Waals surface area contributed by atoms with Crippen molar-refractivity contribution >= 4 is 23.6 Å². The van der Waals surface area contributed by atoms with Crippen LogP contribution in [-0.2, 0) is 14.3 Å². The van der Waals surface area contributed by atoms with Crippen LogP contribution in [0.4, 0.5) is 0 Å². The van der Waals surface area contributed by atoms with Crippen molar-refractivity contribution in [2.45, 2.75) is 12.1 Å². The highest BCUT2D eigenvalue weighted by molar-refractivity contribution is 7.99. The van der Waals surface area contributed by atoms with Crippen molar-refractivity contribution < 1.29 is 19.4 Å². The number of nitrogens with one attached hydrogen (secondary N) is 2. The van der Waals surface area contributed by atoms with Crippen molar-refractivity contribution in [1.29, 1.82) is 0 Å². The smallest absolute Gasteiger partial charge is 0.334 e. The van der Waals surface area contributed by atoms with Gasteiger partial charge in [0.15, 0.2) is 6.10 Å². The highest BCUT2D eigenvalue weighted by atomic mass is 32.2. The lowest BCUT2D eigenvalue weighted by atomic mass is 10.3. The van der Waals surface area contributed by atoms with Crippen LogP contribution < -0.4 is 10.6 Å². The molecule has 2 atom stereocenters. The lowest BCUT2D eigenvalue weighted by Gasteiger charge is -2.14. The molecule has 0 radical (unpaired) electrons. The number of methoxy groups -OCH3 is 1. The van der Waals surface area contributed by atoms with Gasteiger partial charge in [0.2, 0.25) is 5.91 Å². The first-order valence-electron chi connectivity index (χ1n) is 4.49. The summed E-state index contributed by atoms with van der Waals surface area (Å²) in [6, 6.07) is -0.221. The van der Waals surface area contributed by atoms with Gasteiger partial charge in [-0.25, -0.2) is 4.79 Å². The van der Waals surface area contributed by atoms with Crippen LogP contribution in [0.1, 0.15) is 0 Å². The summed E-state index contributed by atoms with van der Waals surface area (Å²) < 4.78 is 4.68. The zero-order valence-corrected chi connectivity index (χ0v) is 9.17. The van der Waals surface area contributed by atoms with Crippen molar-refractivity contribution in [1.82, 2.24) is 10.6 Å². The summed E-state index contributed by atoms with van der Waals surface area (Å²) in [6.45, 7) is -0.00644. The number of carbonyl (C=O) groups is 2. The number of rotatable bonds is 5. The van der Waals surface area contributed by atoms with Crippen LogP contribution in [-0.4, -0.2) is 54.4 Å². The number of aliphatic carboxylic acids is 1. The van der Waals surface area contributed by atoms with Crippen LogP contribution in [0, 0.1) is 0 Å². The number of carbonyl (C=O) groups excluding carboxylic acids is 1. The molecule has 0 spiro atoms. The number of hydrogen-bond acceptors (Lipinski definition) is 5. The Labute approximate surface area is 91.7 Å². The Morgan fingerprint density at radius 1 is 1.73 bits per heavy atom. The molecule has 6 nitrogen and oxygen atoms in total. The van der Waals surface area contributed by atoms with Crippen LogP contribution >= 0.6 is 11.8 Å². The molecule has 0 aromatic rings. The van der Waals surface area contributed by atoms with E-state index >= 15 is 0 Å². The summed E-state index contributed by atoms with van der Waals surface area (Å²) in [5, 5.41) is 14.2. The van der Waals surface area contributed by atoms with Gasteiger partial charge in [-0.1, -0.05) is 0 Å². The molecule has 0 aromatic heterocycles. The Kier molecular flexibility index (Phi) is 4.86. The van der Waals surface area contributed by atoms with E-state index in [1.54, 1.807) is 11.8 Å². The van der Waals surface area contributed by atoms with Crippen LogP contribution in [0.3, 0.4) is 0 Å². The topological polar surface area (TPSA) is 87.7 Å². The molecule has 0 aliphatic carbocycles. The molecule has 1 amide bonds. The lowest BCUT2D eigenvalue weighted by molar-refractivity contribution is -0.148. The van der Waals surface area contributed by atoms with Gasteiger partial charge in [-0.05, 0) is 0 Å². The molecule has 0 saturated carbocycles. The fourth-order valence-corrected chi connectivity index (χ4v) is 2.09. The predicted molar refractivity (Wildman–Crippen MR) is 55.7 cm³/mol. The number of amides is 1. The molecule has 1 rings (SSSR count). The second kappa shape index (κ2) is 5.94. The monoisotopic (exact) mass is 234 g/mol. The first-order valence-corrected chi connectivity index (χ1v) is 5.65. The van der Waals surface area contributed by atoms with Crippen molar-refractivity contribution in [3.8, 4) is 0 Å². The molecule has 1 aliphatic rings. The van der Waals surface area contributed by atoms with Crippen LogP contribution in [0.5, 0.6) is 0 Å². The van der Waals surface area contributed by atoms with Crippen molar-refractivity contribution in [2.75, 3.05) is 25.3 Å². The Bertz CT molecular complexity index is 243. The van der Waals surface area contributed by atoms with E-state index in [0.717, 1.165) is 11.6 Å². The fraction of sp³-hybridized carbons (Fsp3) is 0.750. The Morgan fingerprint density at radius 3 is 2.93 bits per heavy atom. The number of carboxylic acids is 1. The Balaban J connectivity index is 2.28. The second-order valence-electron chi connectivity index (χ2n) is 3.08. The van der Waals surface area contributed by atoms with Gasteiger partial charge in [-0.2, -0.15) is 0 Å². The van der Waals surface area contributed by atoms with Gasteiger partial charge in [0, 0.05) is 18.7 Å². The highest BCUT2D eigenvalue weighted by Gasteiger charge is 2.24. The molecular formula is C8H14N2O4S. The molecule has 15 heavy (non-hydrogen) atoms. The molecule has 1 saturated heterocycles. The molecule has 3 N–H and O–H groups in total. The summed E-state index contributed by atoms with van der Waals surface area (Å²) in [7, 11) is 1.30. The molecule has 0 aromatic carbocycles. The van der Waals surface area contributed by atoms with E-state index in [9.17, 15) is 9.59 Å². The van der Waals surface area contributed by atoms with Crippen LogP contribution in [0.15, 0.2) is 0 Å². The molecule has 0 bridgehead atoms. The Morgan fingerprint density at radius 2 is 2.47 bits per heavy atom. The SMILES string of the molecule is COC(CNC(=O)C1CSCN1)C(=O)O. The van der Waals surface area contributed by atoms with E-state index in [0.29, 0.717) is 0 Å². The number of thioether (sulfide) groups is 1. The van der Waals surface area contributed by atoms with Crippen molar-refractivity contribution in [2.24, 2.45) is 0 Å². The molecule has 7 heteroatoms. The molecular weight excluding hydrogens is 220 g/mol. The zero-order chi connectivity index (χ0) is 11.3. The first-order chi connectivity index (χ1) is 7.15. The average molecular weight is 234 g/mol. The van der Waals surface area contributed by atoms with Crippen molar-refractivity contribution in [3.05, 3.63) is 0 Å². The largest absolute Gasteiger partial charge is 0.479 e. The van der Waals surface area contributed by atoms with Gasteiger partial charge in [-0.15, -0.1) is 11.8 Å². The minimum atomic E-state index is -1.08. The van der Waals surface area contributed by atoms with Gasteiger partial charge in [0.25, 0.3) is 0 Å². The van der Waals surface area contributed by atoms with E-state index in [-0.39, 0.29) is 18.5 Å². The van der Waals surface area contributed by atoms with Gasteiger partial charge in [0.05, 0.1) is 12.6 Å². The molecule has 1 heterocycles. The standard InChI is InChI=1S/C8H14N2O4S/c1-14-6(8(12)13)2-9-7(11)5-3-15-4-10-5/h5-6,10H,2-4H2,1H3,(H,9,11)(H,12,13). The lowest BCUT2D eigenvalue weighted by Crippen LogP contribution is -2.46. The zero-order valence-electron chi connectivity index (χ0n) is 8.36. The number of ether oxygens (including phenoxy) is 1. The molecule has 2 unspecified atom stereocenters. The third kappa shape index (κ3) is 3.69. The fourth-order valence-electron chi connectivity index (χ4n) is 1.15. The molecule has 1 aliphatic heterocycles. The third-order valence-corrected chi connectivity index (χ3v) is 2.99. The van der Waals surface area contributed by atoms with Gasteiger partial charge in [-0.3, -0.25) is 10.1 Å². The summed E-state index contributed by atoms with van der Waals surface area (Å²) in [5.41, 5.74) is 0. The minimum Gasteiger partial charge on any atom is -0.479 e. The van der Waals surface area contributed by atoms with Crippen LogP contribution in [0.25, 0.3) is 0 Å². The summed E-state index contributed by atoms with van der Waals surface area (Å²) >= 11 is 1.64. The minimum absolute atomic E-state index is 0.00644. The third-order valence-electron chi connectivity index (χ3n) is 2.05. The molecule has 1 fully saturated rings. The van der Waals surface area contributed by atoms with Crippen LogP contribution in [0.2, 0.25) is 0 Å². The number of hydrogen-bond donors (Lipinski definition) is 3. The normalized spacial score (nSPS) is 22.3. The summed E-state index contributed by atoms with van der Waals surface area (Å²) in [5.74, 6) is 0.219. The van der Waals surface area contributed by atoms with E-state index in [2.05, 4.69) is 15.4 Å². The quantitative estimate of drug-likeness (QED) is 0.557. The van der Waals surface area contributed by atoms with Gasteiger partial charge < -0.3 is 15.2 Å². The second-order valence-corrected chi connectivity index (χ2v) is 4.11. The Hall–Kier alpha value is -0.790. The van der Waals surface area contributed by atoms with Gasteiger partial charge in [0.1, 0.15) is 0 Å². The molecule has 86 valence electrons. The van der Waals surface area contributed by atoms with Crippen molar-refractivity contribution in [3.63, 3.8) is 0 Å². The maximum absolute atomic E-state index is 11.5. The average Bonchev–Trinajstić information content (AvgIpc) is 2.70. The van der Waals surface area contributed by atoms with E-state index in [4.69, 9.17) is 5.11 Å². The highest BCUT2D eigenvalue weighted by Crippen LogP contribution is 2.09. The first kappa shape index (κ1) is 12.3. The maximum atomic E-state index is 11.5. The summed E-state index contributed by atoms with van der Waals surface area (Å²) in [4.78, 5) is 22.0. The number of carboxylic acid groups (broad SMARTS) is 1. The maximum Gasteiger partial charge on any atom is 0.334 e. The predicted octanol–water partition coefficient (Wildman–Crippen LogP) is -1.14. The van der Waals surface area contributed by atoms with E-state index in [1.807, 2.05) is 0 Å². The van der Waals surface area contributed by atoms with E-state index < -0.39 is 12.1 Å². The van der Waals surface area contributed by atoms with Gasteiger partial charge >= 0.3 is 5.97 Å². The van der Waals surface area contributed by atoms with E-state index in [1.165, 1.54) is 7.11 Å². The summed E-state index contributed by atoms with van der Waals surface area (Å²) in [6.07, 6.45) is -0.983.